The van der Waals surface area contributed by atoms with Gasteiger partial charge in [-0.05, 0) is 49.5 Å². The lowest BCUT2D eigenvalue weighted by Crippen LogP contribution is -2.45. The van der Waals surface area contributed by atoms with Gasteiger partial charge in [0.2, 0.25) is 0 Å². The van der Waals surface area contributed by atoms with E-state index in [9.17, 15) is 4.79 Å². The van der Waals surface area contributed by atoms with E-state index in [2.05, 4.69) is 21.0 Å². The van der Waals surface area contributed by atoms with Gasteiger partial charge in [0.1, 0.15) is 0 Å². The average molecular weight is 537 g/mol. The Hall–Kier alpha value is -1.86. The Bertz CT molecular complexity index is 1660. The van der Waals surface area contributed by atoms with Crippen LogP contribution in [0, 0.1) is 0 Å². The van der Waals surface area contributed by atoms with Gasteiger partial charge in [0, 0.05) is 54.2 Å². The second-order valence-corrected chi connectivity index (χ2v) is 7.85. The molecule has 0 radical (unpaired) electrons. The summed E-state index contributed by atoms with van der Waals surface area (Å²) < 4.78 is 125. The van der Waals surface area contributed by atoms with Crippen LogP contribution in [0.2, 0.25) is 10.0 Å². The fraction of sp³-hybridized carbons (Fsp3) is 0.304. The van der Waals surface area contributed by atoms with Crippen molar-refractivity contribution in [2.24, 2.45) is 0 Å². The molecule has 3 aromatic rings. The summed E-state index contributed by atoms with van der Waals surface area (Å²) in [5.41, 5.74) is -0.408. The summed E-state index contributed by atoms with van der Waals surface area (Å²) in [7, 11) is 0. The molecule has 2 heterocycles. The molecule has 5 nitrogen and oxygen atoms in total. The number of hydrogen-bond donors (Lipinski definition) is 1. The van der Waals surface area contributed by atoms with Crippen LogP contribution >= 0.6 is 39.1 Å². The highest BCUT2D eigenvalue weighted by molar-refractivity contribution is 9.10. The summed E-state index contributed by atoms with van der Waals surface area (Å²) in [5, 5.41) is 3.88. The number of nitrogens with one attached hydrogen (secondary N) is 1. The smallest absolute Gasteiger partial charge is 0.283 e. The number of rotatable bonds is 5. The normalized spacial score (nSPS) is 30.7. The molecule has 31 heavy (non-hydrogen) atoms. The van der Waals surface area contributed by atoms with Crippen LogP contribution in [0.15, 0.2) is 46.9 Å². The molecule has 0 unspecified atom stereocenters. The highest BCUT2D eigenvalue weighted by atomic mass is 79.9. The first-order chi connectivity index (χ1) is 20.7. The van der Waals surface area contributed by atoms with Gasteiger partial charge in [-0.3, -0.25) is 10.2 Å². The monoisotopic (exact) mass is 535 g/mol. The summed E-state index contributed by atoms with van der Waals surface area (Å²) in [6.45, 7) is -11.0. The van der Waals surface area contributed by atoms with Crippen molar-refractivity contribution in [2.75, 3.05) is 13.0 Å². The van der Waals surface area contributed by atoms with E-state index in [1.165, 1.54) is 42.5 Å². The van der Waals surface area contributed by atoms with E-state index >= 15 is 0 Å². The molecule has 0 aliphatic carbocycles. The summed E-state index contributed by atoms with van der Waals surface area (Å²) in [5.74, 6) is -1.67. The molecule has 2 aromatic carbocycles. The van der Waals surface area contributed by atoms with Crippen molar-refractivity contribution in [3.63, 3.8) is 0 Å². The van der Waals surface area contributed by atoms with Crippen LogP contribution in [-0.4, -0.2) is 33.7 Å². The molecular formula is C23H23BrCl2N4O. The second kappa shape index (κ2) is 9.74. The molecule has 1 aliphatic rings. The Kier molecular flexibility index (Phi) is 3.26. The Morgan fingerprint density at radius 2 is 1.97 bits per heavy atom. The molecule has 4 rings (SSSR count). The van der Waals surface area contributed by atoms with Crippen molar-refractivity contribution in [1.29, 1.82) is 0 Å². The largest absolute Gasteiger partial charge is 0.286 e. The van der Waals surface area contributed by atoms with E-state index in [1.54, 1.807) is 5.43 Å². The van der Waals surface area contributed by atoms with Crippen molar-refractivity contribution in [2.45, 2.75) is 32.3 Å². The molecule has 8 heteroatoms. The topological polar surface area (TPSA) is 50.2 Å². The first-order valence-electron chi connectivity index (χ1n) is 16.1. The summed E-state index contributed by atoms with van der Waals surface area (Å²) >= 11 is 15.7. The number of amides is 1. The average Bonchev–Trinajstić information content (AvgIpc) is 3.31. The minimum atomic E-state index is -3.79. The van der Waals surface area contributed by atoms with Crippen LogP contribution in [0.3, 0.4) is 0 Å². The van der Waals surface area contributed by atoms with Gasteiger partial charge in [-0.25, -0.2) is 9.69 Å². The minimum Gasteiger partial charge on any atom is -0.283 e. The molecule has 1 saturated heterocycles. The number of nitrogens with zero attached hydrogens (tertiary/aromatic N) is 3. The van der Waals surface area contributed by atoms with Crippen LogP contribution in [0.5, 0.6) is 0 Å². The number of halogens is 3. The number of carbonyl (C=O) groups is 1. The van der Waals surface area contributed by atoms with Crippen molar-refractivity contribution in [1.82, 2.24) is 20.2 Å². The van der Waals surface area contributed by atoms with Gasteiger partial charge in [-0.2, -0.15) is 5.10 Å². The minimum absolute atomic E-state index is 0.0184. The maximum absolute atomic E-state index is 14.0. The van der Waals surface area contributed by atoms with Crippen molar-refractivity contribution in [3.8, 4) is 16.9 Å². The molecule has 0 atom stereocenters. The highest BCUT2D eigenvalue weighted by Crippen LogP contribution is 2.34. The van der Waals surface area contributed by atoms with Crippen LogP contribution in [0.4, 0.5) is 0 Å². The fourth-order valence-electron chi connectivity index (χ4n) is 2.83. The molecule has 1 amide bonds. The third-order valence-corrected chi connectivity index (χ3v) is 5.22. The fourth-order valence-corrected chi connectivity index (χ4v) is 3.59. The van der Waals surface area contributed by atoms with Gasteiger partial charge in [-0.1, -0.05) is 64.5 Å². The van der Waals surface area contributed by atoms with E-state index in [-0.39, 0.29) is 32.0 Å². The molecule has 1 aromatic heterocycles. The zero-order valence-corrected chi connectivity index (χ0v) is 18.5. The predicted molar refractivity (Wildman–Crippen MR) is 129 cm³/mol. The number of hydrazine groups is 1. The van der Waals surface area contributed by atoms with E-state index in [0.717, 1.165) is 4.68 Å². The lowest BCUT2D eigenvalue weighted by atomic mass is 10.0. The SMILES string of the molecule is [2H]C([2H])([2H])C([2H])([2H])c1c(C(=O)NN2C([2H])([2H])C([2H])([2H])C([2H])([2H])C([2H])([2H])C2([2H])[2H])nn(-c2ccc(Cl)cc2Cl)c1-c1ccc(Br)cc1. The molecule has 1 aliphatic heterocycles. The number of carbonyl (C=O) groups excluding carboxylic acids is 1. The van der Waals surface area contributed by atoms with Gasteiger partial charge in [0.25, 0.3) is 5.91 Å². The lowest BCUT2D eigenvalue weighted by Gasteiger charge is -2.26. The van der Waals surface area contributed by atoms with Crippen molar-refractivity contribution >= 4 is 45.0 Å². The molecular weight excluding hydrogens is 499 g/mol. The van der Waals surface area contributed by atoms with Crippen LogP contribution in [0.1, 0.15) is 62.6 Å². The quantitative estimate of drug-likeness (QED) is 0.416. The molecule has 162 valence electrons. The molecule has 0 spiro atoms. The number of piperidine rings is 1. The zero-order valence-electron chi connectivity index (χ0n) is 30.4. The first kappa shape index (κ1) is 10.4. The van der Waals surface area contributed by atoms with Gasteiger partial charge < -0.3 is 0 Å². The first-order valence-corrected chi connectivity index (χ1v) is 10.2. The van der Waals surface area contributed by atoms with Crippen molar-refractivity contribution < 1.29 is 25.4 Å². The third kappa shape index (κ3) is 4.82. The summed E-state index contributed by atoms with van der Waals surface area (Å²) in [6, 6.07) is 9.94. The van der Waals surface area contributed by atoms with Gasteiger partial charge in [0.15, 0.2) is 5.69 Å². The van der Waals surface area contributed by atoms with E-state index in [1.807, 2.05) is 0 Å². The Labute approximate surface area is 221 Å². The van der Waals surface area contributed by atoms with Crippen molar-refractivity contribution in [3.05, 3.63) is 68.2 Å². The van der Waals surface area contributed by atoms with Crippen LogP contribution in [0.25, 0.3) is 16.9 Å². The van der Waals surface area contributed by atoms with E-state index in [0.29, 0.717) is 4.47 Å². The van der Waals surface area contributed by atoms with E-state index in [4.69, 9.17) is 43.8 Å². The number of hydrogen-bond acceptors (Lipinski definition) is 3. The maximum Gasteiger partial charge on any atom is 0.286 e. The molecule has 1 N–H and O–H groups in total. The van der Waals surface area contributed by atoms with Gasteiger partial charge in [-0.15, -0.1) is 0 Å². The molecule has 1 fully saturated rings. The van der Waals surface area contributed by atoms with Crippen LogP contribution in [-0.2, 0) is 6.37 Å². The predicted octanol–water partition coefficient (Wildman–Crippen LogP) is 6.30. The highest BCUT2D eigenvalue weighted by Gasteiger charge is 2.26. The van der Waals surface area contributed by atoms with Gasteiger partial charge in [0.05, 0.1) is 16.4 Å². The zero-order chi connectivity index (χ0) is 35.2. The molecule has 0 bridgehead atoms. The Morgan fingerprint density at radius 3 is 2.65 bits per heavy atom. The van der Waals surface area contributed by atoms with Crippen LogP contribution < -0.4 is 5.43 Å². The maximum atomic E-state index is 14.0. The number of aromatic nitrogens is 2. The lowest BCUT2D eigenvalue weighted by molar-refractivity contribution is 0.0743. The summed E-state index contributed by atoms with van der Waals surface area (Å²) in [6.07, 6.45) is -14.8. The van der Waals surface area contributed by atoms with E-state index < -0.39 is 62.5 Å². The van der Waals surface area contributed by atoms with Gasteiger partial charge >= 0.3 is 0 Å². The second-order valence-electron chi connectivity index (χ2n) is 6.09. The third-order valence-electron chi connectivity index (χ3n) is 4.15. The summed E-state index contributed by atoms with van der Waals surface area (Å²) in [4.78, 5) is 14.0. The standard InChI is InChI=1S/C23H23BrCl2N4O/c1-2-18-21(23(31)28-29-12-4-3-5-13-29)27-30(20-11-10-17(25)14-19(20)26)22(18)15-6-8-16(24)9-7-15/h6-11,14H,2-5,12-13H2,1H3,(H,28,31)/i1D3,2D2,3D2,4D2,5D2,12D2,13D2. The molecule has 0 saturated carbocycles. The number of benzene rings is 2. The Morgan fingerprint density at radius 1 is 1.23 bits per heavy atom. The Balaban J connectivity index is 2.06.